The van der Waals surface area contributed by atoms with Crippen molar-refractivity contribution in [1.29, 1.82) is 0 Å². The molecule has 1 aliphatic heterocycles. The Morgan fingerprint density at radius 1 is 1.09 bits per heavy atom. The van der Waals surface area contributed by atoms with Gasteiger partial charge in [-0.25, -0.2) is 9.79 Å². The van der Waals surface area contributed by atoms with E-state index in [1.54, 1.807) is 43.7 Å². The Kier molecular flexibility index (Phi) is 9.66. The zero-order chi connectivity index (χ0) is 33.4. The molecule has 0 aliphatic carbocycles. The lowest BCUT2D eigenvalue weighted by molar-refractivity contribution is -0.139. The summed E-state index contributed by atoms with van der Waals surface area (Å²) in [5.41, 5.74) is 3.85. The highest BCUT2D eigenvalue weighted by molar-refractivity contribution is 9.10. The minimum absolute atomic E-state index is 0.172. The number of carbonyl (C=O) groups is 1. The maximum Gasteiger partial charge on any atom is 0.338 e. The van der Waals surface area contributed by atoms with Crippen LogP contribution in [0.4, 0.5) is 0 Å². The van der Waals surface area contributed by atoms with E-state index in [0.29, 0.717) is 59.8 Å². The van der Waals surface area contributed by atoms with Crippen molar-refractivity contribution in [3.63, 3.8) is 0 Å². The minimum atomic E-state index is -0.834. The monoisotopic (exact) mass is 753 g/mol. The minimum Gasteiger partial charge on any atom is -0.493 e. The second-order valence-corrected chi connectivity index (χ2v) is 13.4. The number of rotatable bonds is 9. The predicted octanol–water partition coefficient (Wildman–Crippen LogP) is 7.28. The van der Waals surface area contributed by atoms with E-state index >= 15 is 0 Å². The molecule has 0 amide bonds. The van der Waals surface area contributed by atoms with Crippen molar-refractivity contribution in [2.75, 3.05) is 20.3 Å². The van der Waals surface area contributed by atoms with Crippen molar-refractivity contribution < 1.29 is 19.0 Å². The normalized spacial score (nSPS) is 14.7. The fraction of sp³-hybridized carbons (Fsp3) is 0.229. The first-order valence-corrected chi connectivity index (χ1v) is 17.2. The van der Waals surface area contributed by atoms with Crippen LogP contribution in [0.3, 0.4) is 0 Å². The molecule has 0 saturated carbocycles. The average molecular weight is 756 g/mol. The van der Waals surface area contributed by atoms with Crippen LogP contribution in [0.2, 0.25) is 10.0 Å². The molecule has 0 bridgehead atoms. The van der Waals surface area contributed by atoms with Gasteiger partial charge in [-0.2, -0.15) is 0 Å². The molecule has 1 atom stereocenters. The molecule has 6 rings (SSSR count). The Hall–Kier alpha value is -3.83. The van der Waals surface area contributed by atoms with Gasteiger partial charge >= 0.3 is 5.97 Å². The quantitative estimate of drug-likeness (QED) is 0.148. The van der Waals surface area contributed by atoms with Gasteiger partial charge in [0, 0.05) is 43.7 Å². The van der Waals surface area contributed by atoms with Crippen LogP contribution in [-0.4, -0.2) is 35.4 Å². The summed E-state index contributed by atoms with van der Waals surface area (Å²) >= 11 is 17.6. The van der Waals surface area contributed by atoms with Crippen molar-refractivity contribution in [3.8, 4) is 11.5 Å². The maximum absolute atomic E-state index is 14.4. The van der Waals surface area contributed by atoms with E-state index in [9.17, 15) is 9.59 Å². The fourth-order valence-corrected chi connectivity index (χ4v) is 7.81. The van der Waals surface area contributed by atoms with E-state index in [-0.39, 0.29) is 17.7 Å². The van der Waals surface area contributed by atoms with Crippen LogP contribution in [0.1, 0.15) is 43.5 Å². The number of hydrogen-bond acceptors (Lipinski definition) is 7. The predicted molar refractivity (Wildman–Crippen MR) is 190 cm³/mol. The van der Waals surface area contributed by atoms with Gasteiger partial charge in [-0.1, -0.05) is 74.7 Å². The molecule has 8 nitrogen and oxygen atoms in total. The van der Waals surface area contributed by atoms with Crippen molar-refractivity contribution in [2.24, 2.45) is 4.99 Å². The molecule has 0 spiro atoms. The number of thiazole rings is 1. The van der Waals surface area contributed by atoms with Crippen LogP contribution in [0, 0.1) is 0 Å². The van der Waals surface area contributed by atoms with Gasteiger partial charge in [-0.3, -0.25) is 9.36 Å². The molecule has 12 heteroatoms. The lowest BCUT2D eigenvalue weighted by Gasteiger charge is -2.26. The largest absolute Gasteiger partial charge is 0.493 e. The van der Waals surface area contributed by atoms with Gasteiger partial charge in [0.25, 0.3) is 5.56 Å². The molecular weight excluding hydrogens is 725 g/mol. The molecule has 0 saturated heterocycles. The number of fused-ring (bicyclic) bond motifs is 2. The summed E-state index contributed by atoms with van der Waals surface area (Å²) in [6, 6.07) is 16.2. The topological polar surface area (TPSA) is 84.1 Å². The van der Waals surface area contributed by atoms with Crippen molar-refractivity contribution in [2.45, 2.75) is 33.4 Å². The zero-order valence-electron chi connectivity index (χ0n) is 26.0. The Labute approximate surface area is 293 Å². The number of nitrogens with zero attached hydrogens (tertiary/aromatic N) is 3. The highest BCUT2D eigenvalue weighted by Crippen LogP contribution is 2.41. The van der Waals surface area contributed by atoms with Gasteiger partial charge in [-0.05, 0) is 68.3 Å². The Bertz CT molecular complexity index is 2260. The summed E-state index contributed by atoms with van der Waals surface area (Å²) in [6.07, 6.45) is 3.88. The number of halogens is 3. The molecule has 0 radical (unpaired) electrons. The number of methoxy groups -OCH3 is 1. The number of aromatic nitrogens is 2. The average Bonchev–Trinajstić information content (AvgIpc) is 3.54. The molecule has 0 fully saturated rings. The first-order chi connectivity index (χ1) is 22.6. The summed E-state index contributed by atoms with van der Waals surface area (Å²) in [5, 5.41) is 2.12. The van der Waals surface area contributed by atoms with Crippen LogP contribution in [0.15, 0.2) is 86.3 Å². The number of allylic oxidation sites excluding steroid dienone is 1. The summed E-state index contributed by atoms with van der Waals surface area (Å²) < 4.78 is 21.6. The number of ether oxygens (including phenoxy) is 3. The Morgan fingerprint density at radius 3 is 2.60 bits per heavy atom. The molecule has 0 N–H and O–H groups in total. The van der Waals surface area contributed by atoms with Crippen LogP contribution in [0.5, 0.6) is 11.5 Å². The first-order valence-electron chi connectivity index (χ1n) is 14.9. The number of carbonyl (C=O) groups excluding carboxylic acids is 1. The first kappa shape index (κ1) is 33.1. The van der Waals surface area contributed by atoms with E-state index < -0.39 is 12.0 Å². The molecule has 3 aromatic carbocycles. The molecule has 1 aliphatic rings. The zero-order valence-corrected chi connectivity index (χ0v) is 29.9. The summed E-state index contributed by atoms with van der Waals surface area (Å²) in [5.74, 6) is 0.461. The molecule has 5 aromatic rings. The highest BCUT2D eigenvalue weighted by Gasteiger charge is 2.35. The smallest absolute Gasteiger partial charge is 0.338 e. The van der Waals surface area contributed by atoms with Gasteiger partial charge in [0.1, 0.15) is 0 Å². The van der Waals surface area contributed by atoms with Crippen molar-refractivity contribution in [3.05, 3.63) is 123 Å². The molecular formula is C35H30BrCl2N3O5S. The van der Waals surface area contributed by atoms with E-state index in [1.807, 2.05) is 55.6 Å². The third kappa shape index (κ3) is 6.27. The lowest BCUT2D eigenvalue weighted by atomic mass is 9.95. The van der Waals surface area contributed by atoms with Crippen molar-refractivity contribution in [1.82, 2.24) is 9.13 Å². The fourth-order valence-electron chi connectivity index (χ4n) is 5.77. The molecule has 47 heavy (non-hydrogen) atoms. The summed E-state index contributed by atoms with van der Waals surface area (Å²) in [6.45, 7) is 6.51. The van der Waals surface area contributed by atoms with E-state index in [2.05, 4.69) is 20.5 Å². The highest BCUT2D eigenvalue weighted by atomic mass is 79.9. The molecule has 242 valence electrons. The lowest BCUT2D eigenvalue weighted by Crippen LogP contribution is -2.40. The SMILES string of the molecule is CCOC(=O)C1=C(C)N=c2s/c(=C/c3cn(Cc4ccc(Cl)cc4Cl)c4ccccc34)c(=O)n2[C@H]1c1cc(OC)c(OCC)cc1Br. The van der Waals surface area contributed by atoms with Crippen LogP contribution in [-0.2, 0) is 16.1 Å². The number of esters is 1. The van der Waals surface area contributed by atoms with Gasteiger partial charge in [-0.15, -0.1) is 0 Å². The van der Waals surface area contributed by atoms with E-state index in [1.165, 1.54) is 11.3 Å². The van der Waals surface area contributed by atoms with Gasteiger partial charge < -0.3 is 18.8 Å². The van der Waals surface area contributed by atoms with Gasteiger partial charge in [0.2, 0.25) is 0 Å². The third-order valence-electron chi connectivity index (χ3n) is 7.86. The van der Waals surface area contributed by atoms with Gasteiger partial charge in [0.05, 0.1) is 42.2 Å². The Morgan fingerprint density at radius 2 is 1.87 bits per heavy atom. The van der Waals surface area contributed by atoms with Crippen molar-refractivity contribution >= 4 is 73.4 Å². The summed E-state index contributed by atoms with van der Waals surface area (Å²) in [7, 11) is 1.55. The molecule has 0 unspecified atom stereocenters. The van der Waals surface area contributed by atoms with Crippen LogP contribution in [0.25, 0.3) is 17.0 Å². The second kappa shape index (κ2) is 13.7. The van der Waals surface area contributed by atoms with E-state index in [4.69, 9.17) is 42.4 Å². The third-order valence-corrected chi connectivity index (χ3v) is 10.1. The van der Waals surface area contributed by atoms with E-state index in [0.717, 1.165) is 22.0 Å². The standard InChI is InChI=1S/C35H30BrCl2N3O5S/c1-5-45-29-16-25(36)24(15-28(29)44-4)32-31(34(43)46-6-2)19(3)39-35-41(32)33(42)30(47-35)13-21-18-40(27-10-8-7-9-23(21)27)17-20-11-12-22(37)14-26(20)38/h7-16,18,32H,5-6,17H2,1-4H3/b30-13+/t32-/m0/s1. The summed E-state index contributed by atoms with van der Waals surface area (Å²) in [4.78, 5) is 33.0. The van der Waals surface area contributed by atoms with Crippen LogP contribution < -0.4 is 24.4 Å². The number of para-hydroxylation sites is 1. The van der Waals surface area contributed by atoms with Crippen LogP contribution >= 0.6 is 50.5 Å². The maximum atomic E-state index is 14.4. The molecule has 2 aromatic heterocycles. The Balaban J connectivity index is 1.54. The second-order valence-electron chi connectivity index (χ2n) is 10.7. The number of hydrogen-bond donors (Lipinski definition) is 0. The molecule has 3 heterocycles. The van der Waals surface area contributed by atoms with Gasteiger partial charge in [0.15, 0.2) is 16.3 Å². The number of benzene rings is 3.